The lowest BCUT2D eigenvalue weighted by atomic mass is 9.79. The molecule has 0 unspecified atom stereocenters. The normalized spacial score (nSPS) is 18.7. The van der Waals surface area contributed by atoms with Crippen LogP contribution < -0.4 is 0 Å². The van der Waals surface area contributed by atoms with Crippen LogP contribution in [0.25, 0.3) is 10.9 Å². The van der Waals surface area contributed by atoms with E-state index in [1.165, 1.54) is 27.7 Å². The lowest BCUT2D eigenvalue weighted by Gasteiger charge is -2.43. The molecule has 0 saturated heterocycles. The number of aromatic amines is 1. The minimum absolute atomic E-state index is 0.165. The van der Waals surface area contributed by atoms with Gasteiger partial charge in [-0.15, -0.1) is 0 Å². The molecule has 1 aliphatic rings. The van der Waals surface area contributed by atoms with E-state index in [9.17, 15) is 0 Å². The van der Waals surface area contributed by atoms with Crippen molar-refractivity contribution in [2.75, 3.05) is 6.54 Å². The van der Waals surface area contributed by atoms with Crippen LogP contribution in [0.1, 0.15) is 43.6 Å². The average Bonchev–Trinajstić information content (AvgIpc) is 2.92. The second-order valence-corrected chi connectivity index (χ2v) is 7.91. The van der Waals surface area contributed by atoms with E-state index in [4.69, 9.17) is 0 Å². The van der Waals surface area contributed by atoms with E-state index in [0.717, 1.165) is 19.5 Å². The SMILES string of the molecule is CC(C)(C)[C@@H]1c2[nH]c3ccccc3c2CCN1Cc1cccnc1. The average molecular weight is 319 g/mol. The zero-order valence-corrected chi connectivity index (χ0v) is 14.7. The summed E-state index contributed by atoms with van der Waals surface area (Å²) in [6.45, 7) is 9.06. The number of aromatic nitrogens is 2. The van der Waals surface area contributed by atoms with Gasteiger partial charge >= 0.3 is 0 Å². The van der Waals surface area contributed by atoms with Crippen molar-refractivity contribution in [1.29, 1.82) is 0 Å². The summed E-state index contributed by atoms with van der Waals surface area (Å²) in [6.07, 6.45) is 4.93. The fourth-order valence-electron chi connectivity index (χ4n) is 4.17. The molecule has 0 fully saturated rings. The Balaban J connectivity index is 1.77. The van der Waals surface area contributed by atoms with Crippen molar-refractivity contribution in [2.24, 2.45) is 5.41 Å². The van der Waals surface area contributed by atoms with Crippen molar-refractivity contribution in [3.8, 4) is 0 Å². The molecule has 1 atom stereocenters. The van der Waals surface area contributed by atoms with E-state index in [-0.39, 0.29) is 5.41 Å². The highest BCUT2D eigenvalue weighted by atomic mass is 15.2. The Morgan fingerprint density at radius 3 is 2.75 bits per heavy atom. The first kappa shape index (κ1) is 15.4. The highest BCUT2D eigenvalue weighted by Crippen LogP contribution is 2.44. The molecule has 0 amide bonds. The number of hydrogen-bond acceptors (Lipinski definition) is 2. The molecule has 0 radical (unpaired) electrons. The third-order valence-corrected chi connectivity index (χ3v) is 5.06. The van der Waals surface area contributed by atoms with Crippen molar-refractivity contribution in [1.82, 2.24) is 14.9 Å². The second kappa shape index (κ2) is 5.75. The summed E-state index contributed by atoms with van der Waals surface area (Å²) >= 11 is 0. The first-order chi connectivity index (χ1) is 11.5. The Bertz CT molecular complexity index is 842. The summed E-state index contributed by atoms with van der Waals surface area (Å²) in [4.78, 5) is 10.6. The third-order valence-electron chi connectivity index (χ3n) is 5.06. The molecule has 3 nitrogen and oxygen atoms in total. The fraction of sp³-hybridized carbons (Fsp3) is 0.381. The predicted octanol–water partition coefficient (Wildman–Crippen LogP) is 4.71. The number of fused-ring (bicyclic) bond motifs is 3. The minimum Gasteiger partial charge on any atom is -0.357 e. The van der Waals surface area contributed by atoms with Crippen LogP contribution in [0.15, 0.2) is 48.8 Å². The predicted molar refractivity (Wildman–Crippen MR) is 98.8 cm³/mol. The number of hydrogen-bond donors (Lipinski definition) is 1. The monoisotopic (exact) mass is 319 g/mol. The van der Waals surface area contributed by atoms with E-state index >= 15 is 0 Å². The lowest BCUT2D eigenvalue weighted by molar-refractivity contribution is 0.0792. The van der Waals surface area contributed by atoms with Crippen LogP contribution in [0.3, 0.4) is 0 Å². The maximum atomic E-state index is 4.28. The Hall–Kier alpha value is -2.13. The number of para-hydroxylation sites is 1. The van der Waals surface area contributed by atoms with E-state index < -0.39 is 0 Å². The van der Waals surface area contributed by atoms with E-state index in [1.54, 1.807) is 0 Å². The number of nitrogens with zero attached hydrogens (tertiary/aromatic N) is 2. The molecule has 4 rings (SSSR count). The van der Waals surface area contributed by atoms with Crippen molar-refractivity contribution >= 4 is 10.9 Å². The Kier molecular flexibility index (Phi) is 3.69. The van der Waals surface area contributed by atoms with Crippen LogP contribution in [0.5, 0.6) is 0 Å². The van der Waals surface area contributed by atoms with Crippen molar-refractivity contribution in [3.05, 3.63) is 65.6 Å². The molecule has 0 spiro atoms. The maximum Gasteiger partial charge on any atom is 0.0553 e. The summed E-state index contributed by atoms with van der Waals surface area (Å²) < 4.78 is 0. The van der Waals surface area contributed by atoms with Gasteiger partial charge in [-0.1, -0.05) is 45.0 Å². The lowest BCUT2D eigenvalue weighted by Crippen LogP contribution is -2.41. The molecule has 124 valence electrons. The molecule has 1 aromatic carbocycles. The Morgan fingerprint density at radius 1 is 1.17 bits per heavy atom. The molecule has 24 heavy (non-hydrogen) atoms. The molecule has 0 bridgehead atoms. The maximum absolute atomic E-state index is 4.28. The molecule has 2 aromatic heterocycles. The van der Waals surface area contributed by atoms with Crippen LogP contribution >= 0.6 is 0 Å². The van der Waals surface area contributed by atoms with Crippen LogP contribution in [0.2, 0.25) is 0 Å². The molecule has 0 aliphatic carbocycles. The van der Waals surface area contributed by atoms with Crippen LogP contribution in [-0.2, 0) is 13.0 Å². The van der Waals surface area contributed by atoms with E-state index in [1.807, 2.05) is 18.5 Å². The van der Waals surface area contributed by atoms with Crippen LogP contribution in [0, 0.1) is 5.41 Å². The zero-order valence-electron chi connectivity index (χ0n) is 14.7. The van der Waals surface area contributed by atoms with Gasteiger partial charge in [0.05, 0.1) is 6.04 Å². The summed E-state index contributed by atoms with van der Waals surface area (Å²) in [5.74, 6) is 0. The Morgan fingerprint density at radius 2 is 2.00 bits per heavy atom. The van der Waals surface area contributed by atoms with Gasteiger partial charge in [0, 0.05) is 42.1 Å². The van der Waals surface area contributed by atoms with Crippen LogP contribution in [0.4, 0.5) is 0 Å². The molecule has 0 saturated carbocycles. The van der Waals surface area contributed by atoms with Gasteiger partial charge < -0.3 is 4.98 Å². The number of pyridine rings is 1. The summed E-state index contributed by atoms with van der Waals surface area (Å²) in [5, 5.41) is 1.39. The van der Waals surface area contributed by atoms with Crippen molar-refractivity contribution in [2.45, 2.75) is 39.8 Å². The third kappa shape index (κ3) is 2.63. The molecule has 3 heterocycles. The highest BCUT2D eigenvalue weighted by Gasteiger charge is 2.37. The van der Waals surface area contributed by atoms with Gasteiger partial charge in [-0.2, -0.15) is 0 Å². The molecule has 1 aliphatic heterocycles. The van der Waals surface area contributed by atoms with Gasteiger partial charge in [0.1, 0.15) is 0 Å². The van der Waals surface area contributed by atoms with Crippen LogP contribution in [-0.4, -0.2) is 21.4 Å². The highest BCUT2D eigenvalue weighted by molar-refractivity contribution is 5.85. The van der Waals surface area contributed by atoms with Gasteiger partial charge in [-0.05, 0) is 35.1 Å². The molecular weight excluding hydrogens is 294 g/mol. The molecular formula is C21H25N3. The van der Waals surface area contributed by atoms with E-state index in [2.05, 4.69) is 66.0 Å². The minimum atomic E-state index is 0.165. The molecule has 1 N–H and O–H groups in total. The summed E-state index contributed by atoms with van der Waals surface area (Å²) in [5.41, 5.74) is 5.62. The summed E-state index contributed by atoms with van der Waals surface area (Å²) in [7, 11) is 0. The number of benzene rings is 1. The van der Waals surface area contributed by atoms with Gasteiger partial charge in [-0.25, -0.2) is 0 Å². The number of H-pyrrole nitrogens is 1. The van der Waals surface area contributed by atoms with Crippen molar-refractivity contribution in [3.63, 3.8) is 0 Å². The molecule has 3 heteroatoms. The first-order valence-electron chi connectivity index (χ1n) is 8.76. The number of nitrogens with one attached hydrogen (secondary N) is 1. The fourth-order valence-corrected chi connectivity index (χ4v) is 4.17. The zero-order chi connectivity index (χ0) is 16.7. The summed E-state index contributed by atoms with van der Waals surface area (Å²) in [6, 6.07) is 13.3. The largest absolute Gasteiger partial charge is 0.357 e. The first-order valence-corrected chi connectivity index (χ1v) is 8.76. The van der Waals surface area contributed by atoms with Crippen molar-refractivity contribution < 1.29 is 0 Å². The van der Waals surface area contributed by atoms with E-state index in [0.29, 0.717) is 6.04 Å². The van der Waals surface area contributed by atoms with Gasteiger partial charge in [0.2, 0.25) is 0 Å². The standard InChI is InChI=1S/C21H25N3/c1-21(2,3)20-19-17(16-8-4-5-9-18(16)23-19)10-12-24(20)14-15-7-6-11-22-13-15/h4-9,11,13,20,23H,10,12,14H2,1-3H3/t20-/m0/s1. The number of rotatable bonds is 2. The van der Waals surface area contributed by atoms with Gasteiger partial charge in [0.15, 0.2) is 0 Å². The van der Waals surface area contributed by atoms with Gasteiger partial charge in [-0.3, -0.25) is 9.88 Å². The smallest absolute Gasteiger partial charge is 0.0553 e. The Labute approximate surface area is 143 Å². The van der Waals surface area contributed by atoms with Gasteiger partial charge in [0.25, 0.3) is 0 Å². The molecule has 3 aromatic rings. The quantitative estimate of drug-likeness (QED) is 0.742. The topological polar surface area (TPSA) is 31.9 Å². The second-order valence-electron chi connectivity index (χ2n) is 7.91.